The van der Waals surface area contributed by atoms with Crippen LogP contribution in [0.1, 0.15) is 25.0 Å². The van der Waals surface area contributed by atoms with Crippen LogP contribution in [0.5, 0.6) is 5.75 Å². The molecule has 0 bridgehead atoms. The van der Waals surface area contributed by atoms with Gasteiger partial charge in [-0.05, 0) is 49.6 Å². The topological polar surface area (TPSA) is 20.2 Å². The van der Waals surface area contributed by atoms with E-state index < -0.39 is 0 Å². The van der Waals surface area contributed by atoms with Crippen LogP contribution in [0, 0.1) is 6.92 Å². The van der Waals surface area contributed by atoms with Crippen LogP contribution < -0.4 is 0 Å². The van der Waals surface area contributed by atoms with Gasteiger partial charge < -0.3 is 5.11 Å². The molecule has 0 aliphatic carbocycles. The van der Waals surface area contributed by atoms with Crippen LogP contribution in [0.25, 0.3) is 5.57 Å². The van der Waals surface area contributed by atoms with E-state index in [1.165, 1.54) is 0 Å². The molecule has 0 unspecified atom stereocenters. The molecule has 1 N–H and O–H groups in total. The highest BCUT2D eigenvalue weighted by Gasteiger charge is 2.05. The largest absolute Gasteiger partial charge is 0.508 e. The standard InChI is InChI=1S/C11H13ClO/c1-4-7(2)9-6-11(13)8(3)5-10(9)12/h4-6,13H,1-3H3. The molecular weight excluding hydrogens is 184 g/mol. The van der Waals surface area contributed by atoms with Gasteiger partial charge in [0, 0.05) is 5.02 Å². The molecule has 0 saturated heterocycles. The molecule has 1 aromatic carbocycles. The second-order valence-corrected chi connectivity index (χ2v) is 3.50. The molecule has 0 fully saturated rings. The fraction of sp³-hybridized carbons (Fsp3) is 0.273. The predicted octanol–water partition coefficient (Wildman–Crippen LogP) is 3.78. The van der Waals surface area contributed by atoms with Gasteiger partial charge in [0.25, 0.3) is 0 Å². The third kappa shape index (κ3) is 2.04. The first kappa shape index (κ1) is 10.1. The number of phenols is 1. The number of allylic oxidation sites excluding steroid dienone is 2. The summed E-state index contributed by atoms with van der Waals surface area (Å²) in [5, 5.41) is 10.2. The van der Waals surface area contributed by atoms with Crippen molar-refractivity contribution in [2.24, 2.45) is 0 Å². The summed E-state index contributed by atoms with van der Waals surface area (Å²) in [6.45, 7) is 5.74. The van der Waals surface area contributed by atoms with Gasteiger partial charge in [0.1, 0.15) is 5.75 Å². The SMILES string of the molecule is CC=C(C)c1cc(O)c(C)cc1Cl. The zero-order valence-corrected chi connectivity index (χ0v) is 8.81. The van der Waals surface area contributed by atoms with Gasteiger partial charge in [-0.1, -0.05) is 17.7 Å². The van der Waals surface area contributed by atoms with Crippen molar-refractivity contribution in [1.82, 2.24) is 0 Å². The number of rotatable bonds is 1. The first-order valence-corrected chi connectivity index (χ1v) is 4.56. The summed E-state index contributed by atoms with van der Waals surface area (Å²) >= 11 is 6.02. The highest BCUT2D eigenvalue weighted by molar-refractivity contribution is 6.32. The maximum absolute atomic E-state index is 9.48. The van der Waals surface area contributed by atoms with Gasteiger partial charge in [-0.3, -0.25) is 0 Å². The van der Waals surface area contributed by atoms with Crippen LogP contribution in [0.3, 0.4) is 0 Å². The molecule has 0 amide bonds. The van der Waals surface area contributed by atoms with E-state index in [1.807, 2.05) is 26.8 Å². The normalized spacial score (nSPS) is 11.8. The number of halogens is 1. The molecule has 0 radical (unpaired) electrons. The minimum absolute atomic E-state index is 0.292. The lowest BCUT2D eigenvalue weighted by Crippen LogP contribution is -1.84. The van der Waals surface area contributed by atoms with E-state index in [9.17, 15) is 5.11 Å². The number of phenolic OH excluding ortho intramolecular Hbond substituents is 1. The second kappa shape index (κ2) is 3.84. The molecular formula is C11H13ClO. The van der Waals surface area contributed by atoms with E-state index in [1.54, 1.807) is 12.1 Å². The van der Waals surface area contributed by atoms with Gasteiger partial charge in [0.2, 0.25) is 0 Å². The van der Waals surface area contributed by atoms with Crippen LogP contribution in [-0.2, 0) is 0 Å². The van der Waals surface area contributed by atoms with Crippen molar-refractivity contribution in [1.29, 1.82) is 0 Å². The van der Waals surface area contributed by atoms with Gasteiger partial charge in [0.15, 0.2) is 0 Å². The smallest absolute Gasteiger partial charge is 0.119 e. The minimum atomic E-state index is 0.292. The molecule has 1 nitrogen and oxygen atoms in total. The van der Waals surface area contributed by atoms with Gasteiger partial charge >= 0.3 is 0 Å². The average molecular weight is 197 g/mol. The van der Waals surface area contributed by atoms with Gasteiger partial charge in [-0.2, -0.15) is 0 Å². The highest BCUT2D eigenvalue weighted by atomic mass is 35.5. The van der Waals surface area contributed by atoms with Crippen molar-refractivity contribution >= 4 is 17.2 Å². The van der Waals surface area contributed by atoms with Gasteiger partial charge in [0.05, 0.1) is 0 Å². The lowest BCUT2D eigenvalue weighted by Gasteiger charge is -2.07. The van der Waals surface area contributed by atoms with E-state index in [-0.39, 0.29) is 0 Å². The van der Waals surface area contributed by atoms with E-state index in [0.717, 1.165) is 16.7 Å². The molecule has 2 heteroatoms. The summed E-state index contributed by atoms with van der Waals surface area (Å²) in [5.41, 5.74) is 2.77. The molecule has 0 saturated carbocycles. The fourth-order valence-corrected chi connectivity index (χ4v) is 1.49. The van der Waals surface area contributed by atoms with E-state index in [0.29, 0.717) is 10.8 Å². The number of benzene rings is 1. The Morgan fingerprint density at radius 3 is 2.62 bits per heavy atom. The number of aromatic hydroxyl groups is 1. The molecule has 0 aromatic heterocycles. The van der Waals surface area contributed by atoms with E-state index in [2.05, 4.69) is 0 Å². The maximum Gasteiger partial charge on any atom is 0.119 e. The Hall–Kier alpha value is -0.950. The zero-order valence-electron chi connectivity index (χ0n) is 8.06. The Morgan fingerprint density at radius 2 is 2.08 bits per heavy atom. The van der Waals surface area contributed by atoms with Crippen molar-refractivity contribution in [2.75, 3.05) is 0 Å². The molecule has 0 aliphatic rings. The maximum atomic E-state index is 9.48. The molecule has 0 spiro atoms. The molecule has 0 aliphatic heterocycles. The van der Waals surface area contributed by atoms with Crippen molar-refractivity contribution in [3.05, 3.63) is 34.4 Å². The highest BCUT2D eigenvalue weighted by Crippen LogP contribution is 2.30. The molecule has 13 heavy (non-hydrogen) atoms. The predicted molar refractivity (Wildman–Crippen MR) is 57.2 cm³/mol. The van der Waals surface area contributed by atoms with Gasteiger partial charge in [-0.15, -0.1) is 0 Å². The van der Waals surface area contributed by atoms with E-state index >= 15 is 0 Å². The summed E-state index contributed by atoms with van der Waals surface area (Å²) in [6.07, 6.45) is 1.97. The van der Waals surface area contributed by atoms with Crippen LogP contribution in [0.2, 0.25) is 5.02 Å². The van der Waals surface area contributed by atoms with Crippen molar-refractivity contribution in [3.63, 3.8) is 0 Å². The molecule has 0 heterocycles. The fourth-order valence-electron chi connectivity index (χ4n) is 1.12. The van der Waals surface area contributed by atoms with E-state index in [4.69, 9.17) is 11.6 Å². The molecule has 1 rings (SSSR count). The molecule has 1 aromatic rings. The second-order valence-electron chi connectivity index (χ2n) is 3.09. The summed E-state index contributed by atoms with van der Waals surface area (Å²) in [4.78, 5) is 0. The number of hydrogen-bond donors (Lipinski definition) is 1. The lowest BCUT2D eigenvalue weighted by molar-refractivity contribution is 0.471. The third-order valence-electron chi connectivity index (χ3n) is 2.14. The zero-order chi connectivity index (χ0) is 10.0. The first-order chi connectivity index (χ1) is 6.06. The molecule has 70 valence electrons. The van der Waals surface area contributed by atoms with Crippen LogP contribution >= 0.6 is 11.6 Å². The Bertz CT molecular complexity index is 353. The van der Waals surface area contributed by atoms with Crippen molar-refractivity contribution in [2.45, 2.75) is 20.8 Å². The van der Waals surface area contributed by atoms with Gasteiger partial charge in [-0.25, -0.2) is 0 Å². The summed E-state index contributed by atoms with van der Waals surface area (Å²) < 4.78 is 0. The quantitative estimate of drug-likeness (QED) is 0.725. The summed E-state index contributed by atoms with van der Waals surface area (Å²) in [6, 6.07) is 3.48. The third-order valence-corrected chi connectivity index (χ3v) is 2.46. The Balaban J connectivity index is 3.32. The van der Waals surface area contributed by atoms with Crippen LogP contribution in [0.15, 0.2) is 18.2 Å². The monoisotopic (exact) mass is 196 g/mol. The number of hydrogen-bond acceptors (Lipinski definition) is 1. The molecule has 0 atom stereocenters. The minimum Gasteiger partial charge on any atom is -0.508 e. The first-order valence-electron chi connectivity index (χ1n) is 4.18. The van der Waals surface area contributed by atoms with Crippen LogP contribution in [0.4, 0.5) is 0 Å². The Labute approximate surface area is 83.7 Å². The van der Waals surface area contributed by atoms with Crippen molar-refractivity contribution < 1.29 is 5.11 Å². The number of aryl methyl sites for hydroxylation is 1. The van der Waals surface area contributed by atoms with Crippen LogP contribution in [-0.4, -0.2) is 5.11 Å². The lowest BCUT2D eigenvalue weighted by atomic mass is 10.0. The summed E-state index contributed by atoms with van der Waals surface area (Å²) in [5.74, 6) is 0.292. The Kier molecular flexibility index (Phi) is 2.99. The van der Waals surface area contributed by atoms with Crippen molar-refractivity contribution in [3.8, 4) is 5.75 Å². The Morgan fingerprint density at radius 1 is 1.46 bits per heavy atom. The summed E-state index contributed by atoms with van der Waals surface area (Å²) in [7, 11) is 0. The average Bonchev–Trinajstić information content (AvgIpc) is 2.10.